The first kappa shape index (κ1) is 27.3. The highest BCUT2D eigenvalue weighted by Crippen LogP contribution is 2.36. The molecular weight excluding hydrogens is 472 g/mol. The number of ether oxygens (including phenoxy) is 1. The molecule has 35 heavy (non-hydrogen) atoms. The number of hydrogen-bond donors (Lipinski definition) is 1. The second-order valence-corrected chi connectivity index (χ2v) is 10.6. The number of nitrogens with zero attached hydrogens (tertiary/aromatic N) is 1. The summed E-state index contributed by atoms with van der Waals surface area (Å²) in [6.45, 7) is 2.22. The number of amides is 1. The molecule has 5 nitrogen and oxygen atoms in total. The number of carbonyl (C=O) groups excluding carboxylic acids is 2. The van der Waals surface area contributed by atoms with Crippen molar-refractivity contribution in [3.05, 3.63) is 57.8 Å². The molecule has 1 fully saturated rings. The van der Waals surface area contributed by atoms with Crippen molar-refractivity contribution in [2.75, 3.05) is 13.7 Å². The van der Waals surface area contributed by atoms with E-state index in [1.54, 1.807) is 6.07 Å². The van der Waals surface area contributed by atoms with Crippen LogP contribution in [0.1, 0.15) is 65.6 Å². The van der Waals surface area contributed by atoms with Gasteiger partial charge < -0.3 is 14.7 Å². The third-order valence-corrected chi connectivity index (χ3v) is 7.92. The fourth-order valence-corrected chi connectivity index (χ4v) is 5.64. The second-order valence-electron chi connectivity index (χ2n) is 9.42. The number of hydrogen-bond acceptors (Lipinski definition) is 5. The highest BCUT2D eigenvalue weighted by atomic mass is 32.1. The van der Waals surface area contributed by atoms with Crippen molar-refractivity contribution in [2.45, 2.75) is 76.4 Å². The summed E-state index contributed by atoms with van der Waals surface area (Å²) in [4.78, 5) is 26.7. The van der Waals surface area contributed by atoms with Crippen molar-refractivity contribution in [2.24, 2.45) is 5.92 Å². The van der Waals surface area contributed by atoms with E-state index in [0.29, 0.717) is 30.6 Å². The van der Waals surface area contributed by atoms with Crippen LogP contribution >= 0.6 is 11.3 Å². The Labute approximate surface area is 210 Å². The van der Waals surface area contributed by atoms with Crippen molar-refractivity contribution in [1.82, 2.24) is 4.90 Å². The zero-order valence-electron chi connectivity index (χ0n) is 20.4. The molecule has 8 heteroatoms. The molecule has 1 aliphatic rings. The quantitative estimate of drug-likeness (QED) is 0.364. The van der Waals surface area contributed by atoms with Gasteiger partial charge in [-0.05, 0) is 68.6 Å². The molecule has 1 saturated heterocycles. The smallest absolute Gasteiger partial charge is 0.348 e. The van der Waals surface area contributed by atoms with Gasteiger partial charge in [-0.25, -0.2) is 4.79 Å². The number of aryl methyl sites for hydroxylation is 2. The third kappa shape index (κ3) is 7.58. The first-order valence-electron chi connectivity index (χ1n) is 12.3. The lowest BCUT2D eigenvalue weighted by molar-refractivity contribution is -0.148. The first-order chi connectivity index (χ1) is 16.7. The molecule has 1 N–H and O–H groups in total. The fourth-order valence-electron chi connectivity index (χ4n) is 4.67. The average Bonchev–Trinajstić information content (AvgIpc) is 3.40. The molecule has 1 aromatic carbocycles. The van der Waals surface area contributed by atoms with E-state index in [4.69, 9.17) is 4.74 Å². The van der Waals surface area contributed by atoms with Crippen molar-refractivity contribution >= 4 is 23.2 Å². The van der Waals surface area contributed by atoms with Gasteiger partial charge in [0.25, 0.3) is 5.91 Å². The van der Waals surface area contributed by atoms with Gasteiger partial charge in [0.05, 0.1) is 13.2 Å². The lowest BCUT2D eigenvalue weighted by Gasteiger charge is -2.26. The van der Waals surface area contributed by atoms with Gasteiger partial charge in [0.15, 0.2) is 0 Å². The van der Waals surface area contributed by atoms with Crippen molar-refractivity contribution in [1.29, 1.82) is 0 Å². The van der Waals surface area contributed by atoms with Crippen molar-refractivity contribution < 1.29 is 28.2 Å². The van der Waals surface area contributed by atoms with Crippen LogP contribution in [0.3, 0.4) is 0 Å². The van der Waals surface area contributed by atoms with Gasteiger partial charge in [-0.2, -0.15) is 8.78 Å². The number of halogens is 2. The summed E-state index contributed by atoms with van der Waals surface area (Å²) < 4.78 is 33.2. The van der Waals surface area contributed by atoms with Crippen LogP contribution in [0, 0.1) is 5.92 Å². The van der Waals surface area contributed by atoms with E-state index in [2.05, 4.69) is 12.1 Å². The van der Waals surface area contributed by atoms with Crippen LogP contribution in [0.5, 0.6) is 0 Å². The van der Waals surface area contributed by atoms with Gasteiger partial charge >= 0.3 is 11.9 Å². The van der Waals surface area contributed by atoms with E-state index >= 15 is 0 Å². The number of benzene rings is 1. The average molecular weight is 508 g/mol. The number of likely N-dealkylation sites (tertiary alicyclic amines) is 1. The lowest BCUT2D eigenvalue weighted by atomic mass is 9.92. The molecule has 192 valence electrons. The summed E-state index contributed by atoms with van der Waals surface area (Å²) in [5.74, 6) is -4.80. The normalized spacial score (nSPS) is 19.1. The monoisotopic (exact) mass is 507 g/mol. The summed E-state index contributed by atoms with van der Waals surface area (Å²) in [6.07, 6.45) is 3.54. The van der Waals surface area contributed by atoms with Crippen molar-refractivity contribution in [3.8, 4) is 0 Å². The zero-order valence-corrected chi connectivity index (χ0v) is 21.2. The SMILES string of the molecule is COC(=O)c1ccc(CCCN2C(=O)C(F)(F)C[C@@H]2CC[C@@H](O)[C@@H](C)CCCc2ccccc2)s1. The minimum Gasteiger partial charge on any atom is -0.465 e. The minimum absolute atomic E-state index is 0.0626. The number of alkyl halides is 2. The van der Waals surface area contributed by atoms with E-state index < -0.39 is 36.4 Å². The molecule has 0 radical (unpaired) electrons. The summed E-state index contributed by atoms with van der Waals surface area (Å²) in [7, 11) is 1.32. The molecule has 1 aliphatic heterocycles. The number of methoxy groups -OCH3 is 1. The standard InChI is InChI=1S/C27H35F2NO4S/c1-19(8-6-11-20-9-4-3-5-10-20)23(31)15-13-21-18-27(28,29)26(33)30(21)17-7-12-22-14-16-24(35-22)25(32)34-2/h3-5,9-10,14,16,19,21,23,31H,6-8,11-13,15,17-18H2,1-2H3/t19-,21-,23+/m0/s1. The van der Waals surface area contributed by atoms with E-state index in [1.165, 1.54) is 28.9 Å². The predicted molar refractivity (Wildman–Crippen MR) is 133 cm³/mol. The number of esters is 1. The Bertz CT molecular complexity index is 965. The Balaban J connectivity index is 1.46. The van der Waals surface area contributed by atoms with Gasteiger partial charge in [0, 0.05) is 23.9 Å². The van der Waals surface area contributed by atoms with Crippen molar-refractivity contribution in [3.63, 3.8) is 0 Å². The van der Waals surface area contributed by atoms with Gasteiger partial charge in [0.2, 0.25) is 0 Å². The Kier molecular flexibility index (Phi) is 9.80. The highest BCUT2D eigenvalue weighted by molar-refractivity contribution is 7.13. The molecule has 0 aliphatic carbocycles. The van der Waals surface area contributed by atoms with E-state index in [9.17, 15) is 23.5 Å². The predicted octanol–water partition coefficient (Wildman–Crippen LogP) is 5.50. The Morgan fingerprint density at radius 3 is 2.63 bits per heavy atom. The molecule has 1 amide bonds. The fraction of sp³-hybridized carbons (Fsp3) is 0.556. The Morgan fingerprint density at radius 1 is 1.17 bits per heavy atom. The molecule has 0 bridgehead atoms. The summed E-state index contributed by atoms with van der Waals surface area (Å²) in [5, 5.41) is 10.6. The molecule has 0 spiro atoms. The molecule has 0 unspecified atom stereocenters. The number of aliphatic hydroxyl groups excluding tert-OH is 1. The van der Waals surface area contributed by atoms with Crippen LogP contribution in [0.4, 0.5) is 8.78 Å². The number of rotatable bonds is 13. The van der Waals surface area contributed by atoms with Crippen LogP contribution in [0.25, 0.3) is 0 Å². The second kappa shape index (κ2) is 12.6. The van der Waals surface area contributed by atoms with E-state index in [1.807, 2.05) is 31.2 Å². The number of aliphatic hydroxyl groups is 1. The first-order valence-corrected chi connectivity index (χ1v) is 13.1. The molecule has 2 aromatic rings. The zero-order chi connectivity index (χ0) is 25.4. The summed E-state index contributed by atoms with van der Waals surface area (Å²) in [5.41, 5.74) is 1.26. The topological polar surface area (TPSA) is 66.8 Å². The van der Waals surface area contributed by atoms with Gasteiger partial charge in [-0.1, -0.05) is 37.3 Å². The van der Waals surface area contributed by atoms with Gasteiger partial charge in [-0.15, -0.1) is 11.3 Å². The van der Waals surface area contributed by atoms with E-state index in [-0.39, 0.29) is 12.5 Å². The van der Waals surface area contributed by atoms with Crippen LogP contribution in [-0.2, 0) is 22.4 Å². The molecule has 2 heterocycles. The third-order valence-electron chi connectivity index (χ3n) is 6.80. The van der Waals surface area contributed by atoms with Crippen LogP contribution in [0.15, 0.2) is 42.5 Å². The maximum absolute atomic E-state index is 14.2. The Morgan fingerprint density at radius 2 is 1.91 bits per heavy atom. The van der Waals surface area contributed by atoms with Gasteiger partial charge in [0.1, 0.15) is 4.88 Å². The summed E-state index contributed by atoms with van der Waals surface area (Å²) >= 11 is 1.31. The van der Waals surface area contributed by atoms with Gasteiger partial charge in [-0.3, -0.25) is 4.79 Å². The van der Waals surface area contributed by atoms with Crippen LogP contribution in [0.2, 0.25) is 0 Å². The Hall–Kier alpha value is -2.32. The molecule has 3 atom stereocenters. The molecule has 0 saturated carbocycles. The highest BCUT2D eigenvalue weighted by Gasteiger charge is 2.52. The number of thiophene rings is 1. The largest absolute Gasteiger partial charge is 0.465 e. The summed E-state index contributed by atoms with van der Waals surface area (Å²) in [6, 6.07) is 13.1. The molecule has 3 rings (SSSR count). The van der Waals surface area contributed by atoms with E-state index in [0.717, 1.165) is 24.1 Å². The van der Waals surface area contributed by atoms with Crippen LogP contribution < -0.4 is 0 Å². The minimum atomic E-state index is -3.35. The molecule has 1 aromatic heterocycles. The lowest BCUT2D eigenvalue weighted by Crippen LogP contribution is -2.37. The maximum Gasteiger partial charge on any atom is 0.348 e. The van der Waals surface area contributed by atoms with Crippen LogP contribution in [-0.4, -0.2) is 53.6 Å². The molecular formula is C27H35F2NO4S. The maximum atomic E-state index is 14.2. The number of carbonyl (C=O) groups is 2.